The summed E-state index contributed by atoms with van der Waals surface area (Å²) in [5.41, 5.74) is -3.12. The van der Waals surface area contributed by atoms with Gasteiger partial charge in [0.2, 0.25) is 11.6 Å². The number of hydrogen-bond acceptors (Lipinski definition) is 4. The molecule has 2 rings (SSSR count). The van der Waals surface area contributed by atoms with Gasteiger partial charge in [0.05, 0.1) is 6.20 Å². The molecule has 1 aromatic rings. The quantitative estimate of drug-likeness (QED) is 0.833. The van der Waals surface area contributed by atoms with Gasteiger partial charge in [-0.05, 0) is 12.5 Å². The summed E-state index contributed by atoms with van der Waals surface area (Å²) in [6.45, 7) is 1.84. The molecule has 0 spiro atoms. The molecule has 0 bridgehead atoms. The molecule has 1 amide bonds. The Kier molecular flexibility index (Phi) is 4.50. The third kappa shape index (κ3) is 3.11. The van der Waals surface area contributed by atoms with Crippen LogP contribution in [0.2, 0.25) is 0 Å². The van der Waals surface area contributed by atoms with Crippen LogP contribution < -0.4 is 0 Å². The van der Waals surface area contributed by atoms with Crippen LogP contribution in [0, 0.1) is 6.92 Å². The number of aliphatic hydroxyl groups is 1. The van der Waals surface area contributed by atoms with Crippen molar-refractivity contribution in [3.8, 4) is 0 Å². The fourth-order valence-corrected chi connectivity index (χ4v) is 2.06. The summed E-state index contributed by atoms with van der Waals surface area (Å²) >= 11 is 0. The summed E-state index contributed by atoms with van der Waals surface area (Å²) in [7, 11) is 0. The van der Waals surface area contributed by atoms with Gasteiger partial charge in [0.1, 0.15) is 5.71 Å². The van der Waals surface area contributed by atoms with Gasteiger partial charge in [0, 0.05) is 25.6 Å². The SMILES string of the molecule is Cc1cnn(CCC(=O)N2N=C(C(F)F)CC2(O)C(F)F)c1. The molecule has 1 atom stereocenters. The smallest absolute Gasteiger partial charge is 0.287 e. The first-order chi connectivity index (χ1) is 10.2. The second kappa shape index (κ2) is 6.03. The largest absolute Gasteiger partial charge is 0.364 e. The molecule has 0 radical (unpaired) electrons. The van der Waals surface area contributed by atoms with Gasteiger partial charge in [-0.3, -0.25) is 9.48 Å². The number of aromatic nitrogens is 2. The lowest BCUT2D eigenvalue weighted by Crippen LogP contribution is -2.51. The van der Waals surface area contributed by atoms with Crippen LogP contribution in [0.5, 0.6) is 0 Å². The van der Waals surface area contributed by atoms with Crippen molar-refractivity contribution >= 4 is 11.6 Å². The molecule has 0 aliphatic carbocycles. The Labute approximate surface area is 123 Å². The summed E-state index contributed by atoms with van der Waals surface area (Å²) < 4.78 is 52.5. The highest BCUT2D eigenvalue weighted by Crippen LogP contribution is 2.33. The highest BCUT2D eigenvalue weighted by Gasteiger charge is 2.53. The van der Waals surface area contributed by atoms with Crippen LogP contribution >= 0.6 is 0 Å². The molecule has 0 saturated heterocycles. The lowest BCUT2D eigenvalue weighted by atomic mass is 10.1. The Hall–Kier alpha value is -1.97. The molecule has 1 N–H and O–H groups in total. The summed E-state index contributed by atoms with van der Waals surface area (Å²) in [5, 5.41) is 16.9. The minimum atomic E-state index is -3.41. The second-order valence-corrected chi connectivity index (χ2v) is 4.98. The lowest BCUT2D eigenvalue weighted by Gasteiger charge is -2.30. The number of hydrogen-bond donors (Lipinski definition) is 1. The Morgan fingerprint density at radius 2 is 2.14 bits per heavy atom. The zero-order chi connectivity index (χ0) is 16.5. The molecule has 6 nitrogen and oxygen atoms in total. The number of halogens is 4. The van der Waals surface area contributed by atoms with E-state index >= 15 is 0 Å². The Balaban J connectivity index is 2.10. The molecule has 122 valence electrons. The van der Waals surface area contributed by atoms with E-state index < -0.39 is 36.6 Å². The second-order valence-electron chi connectivity index (χ2n) is 4.98. The van der Waals surface area contributed by atoms with Crippen molar-refractivity contribution in [2.75, 3.05) is 0 Å². The molecule has 2 heterocycles. The van der Waals surface area contributed by atoms with E-state index in [1.165, 1.54) is 4.68 Å². The molecule has 1 aromatic heterocycles. The number of hydrazone groups is 1. The zero-order valence-corrected chi connectivity index (χ0v) is 11.6. The van der Waals surface area contributed by atoms with Gasteiger partial charge in [0.15, 0.2) is 0 Å². The van der Waals surface area contributed by atoms with Crippen molar-refractivity contribution in [1.29, 1.82) is 0 Å². The lowest BCUT2D eigenvalue weighted by molar-refractivity contribution is -0.192. The van der Waals surface area contributed by atoms with E-state index in [1.807, 2.05) is 0 Å². The average Bonchev–Trinajstić information content (AvgIpc) is 3.01. The maximum Gasteiger partial charge on any atom is 0.287 e. The van der Waals surface area contributed by atoms with E-state index in [4.69, 9.17) is 0 Å². The molecule has 0 saturated carbocycles. The van der Waals surface area contributed by atoms with Crippen molar-refractivity contribution in [2.45, 2.75) is 44.9 Å². The van der Waals surface area contributed by atoms with E-state index in [2.05, 4.69) is 10.2 Å². The van der Waals surface area contributed by atoms with Crippen molar-refractivity contribution in [1.82, 2.24) is 14.8 Å². The molecule has 0 aromatic carbocycles. The first-order valence-electron chi connectivity index (χ1n) is 6.42. The third-order valence-electron chi connectivity index (χ3n) is 3.19. The third-order valence-corrected chi connectivity index (χ3v) is 3.19. The average molecular weight is 322 g/mol. The van der Waals surface area contributed by atoms with Gasteiger partial charge in [-0.15, -0.1) is 0 Å². The first kappa shape index (κ1) is 16.4. The van der Waals surface area contributed by atoms with E-state index in [9.17, 15) is 27.5 Å². The van der Waals surface area contributed by atoms with Gasteiger partial charge in [-0.25, -0.2) is 17.6 Å². The van der Waals surface area contributed by atoms with E-state index in [-0.39, 0.29) is 18.0 Å². The Morgan fingerprint density at radius 3 is 2.64 bits per heavy atom. The number of amides is 1. The van der Waals surface area contributed by atoms with E-state index in [0.717, 1.165) is 5.56 Å². The normalized spacial score (nSPS) is 21.8. The summed E-state index contributed by atoms with van der Waals surface area (Å²) in [6, 6.07) is 0. The Morgan fingerprint density at radius 1 is 1.45 bits per heavy atom. The fraction of sp³-hybridized carbons (Fsp3) is 0.583. The molecule has 10 heteroatoms. The van der Waals surface area contributed by atoms with Crippen molar-refractivity contribution in [3.63, 3.8) is 0 Å². The molecule has 1 aliphatic rings. The van der Waals surface area contributed by atoms with Crippen molar-refractivity contribution < 1.29 is 27.5 Å². The van der Waals surface area contributed by atoms with Crippen molar-refractivity contribution in [2.24, 2.45) is 5.10 Å². The summed E-state index contributed by atoms with van der Waals surface area (Å²) in [5.74, 6) is -0.980. The summed E-state index contributed by atoms with van der Waals surface area (Å²) in [4.78, 5) is 12.0. The fourth-order valence-electron chi connectivity index (χ4n) is 2.06. The predicted octanol–water partition coefficient (Wildman–Crippen LogP) is 1.39. The molecular weight excluding hydrogens is 308 g/mol. The number of rotatable bonds is 5. The van der Waals surface area contributed by atoms with Crippen LogP contribution in [0.3, 0.4) is 0 Å². The number of nitrogens with zero attached hydrogens (tertiary/aromatic N) is 4. The molecule has 1 aliphatic heterocycles. The maximum absolute atomic E-state index is 13.0. The van der Waals surface area contributed by atoms with Crippen LogP contribution in [-0.4, -0.2) is 50.1 Å². The minimum absolute atomic E-state index is 0.0576. The van der Waals surface area contributed by atoms with Gasteiger partial charge < -0.3 is 5.11 Å². The Bertz CT molecular complexity index is 589. The molecule has 1 unspecified atom stereocenters. The van der Waals surface area contributed by atoms with Gasteiger partial charge in [-0.1, -0.05) is 0 Å². The van der Waals surface area contributed by atoms with Crippen LogP contribution in [-0.2, 0) is 11.3 Å². The zero-order valence-electron chi connectivity index (χ0n) is 11.6. The maximum atomic E-state index is 13.0. The standard InChI is InChI=1S/C12H14F4N4O2/c1-7-5-17-19(6-7)3-2-9(21)20-12(22,11(15)16)4-8(18-20)10(13)14/h5-6,10-11,22H,2-4H2,1H3. The number of carbonyl (C=O) groups excluding carboxylic acids is 1. The van der Waals surface area contributed by atoms with Gasteiger partial charge >= 0.3 is 0 Å². The number of aryl methyl sites for hydroxylation is 2. The summed E-state index contributed by atoms with van der Waals surface area (Å²) in [6.07, 6.45) is -4.74. The van der Waals surface area contributed by atoms with E-state index in [1.54, 1.807) is 19.3 Å². The molecule has 22 heavy (non-hydrogen) atoms. The topological polar surface area (TPSA) is 70.7 Å². The number of alkyl halides is 4. The van der Waals surface area contributed by atoms with Crippen LogP contribution in [0.15, 0.2) is 17.5 Å². The van der Waals surface area contributed by atoms with E-state index in [0.29, 0.717) is 0 Å². The number of carbonyl (C=O) groups is 1. The van der Waals surface area contributed by atoms with Gasteiger partial charge in [0.25, 0.3) is 12.9 Å². The van der Waals surface area contributed by atoms with Crippen LogP contribution in [0.25, 0.3) is 0 Å². The first-order valence-corrected chi connectivity index (χ1v) is 6.42. The predicted molar refractivity (Wildman–Crippen MR) is 67.4 cm³/mol. The molecule has 0 fully saturated rings. The van der Waals surface area contributed by atoms with Crippen LogP contribution in [0.1, 0.15) is 18.4 Å². The minimum Gasteiger partial charge on any atom is -0.364 e. The van der Waals surface area contributed by atoms with Crippen LogP contribution in [0.4, 0.5) is 17.6 Å². The highest BCUT2D eigenvalue weighted by molar-refractivity contribution is 5.92. The monoisotopic (exact) mass is 322 g/mol. The molecular formula is C12H14F4N4O2. The highest BCUT2D eigenvalue weighted by atomic mass is 19.3. The van der Waals surface area contributed by atoms with Gasteiger partial charge in [-0.2, -0.15) is 15.2 Å². The van der Waals surface area contributed by atoms with Crippen molar-refractivity contribution in [3.05, 3.63) is 18.0 Å².